The summed E-state index contributed by atoms with van der Waals surface area (Å²) in [4.78, 5) is 0. The van der Waals surface area contributed by atoms with Crippen LogP contribution < -0.4 is 0 Å². The summed E-state index contributed by atoms with van der Waals surface area (Å²) in [7, 11) is 0. The first kappa shape index (κ1) is 37.8. The Labute approximate surface area is 239 Å². The Morgan fingerprint density at radius 3 is 0.816 bits per heavy atom. The standard InChI is InChI=1S/C34H70O4/c1-7-13-15-17-19-21-23-27-31(33(35-9-3)36-10-4)29-25-26-30-32(34(37-11-5)38-12-6)28-24-22-20-18-16-14-8-2/h31-34H,7-30H2,1-6H3. The van der Waals surface area contributed by atoms with E-state index in [1.807, 2.05) is 0 Å². The van der Waals surface area contributed by atoms with E-state index in [0.29, 0.717) is 11.8 Å². The van der Waals surface area contributed by atoms with Crippen LogP contribution in [0.5, 0.6) is 0 Å². The molecule has 0 radical (unpaired) electrons. The zero-order chi connectivity index (χ0) is 28.1. The maximum Gasteiger partial charge on any atom is 0.160 e. The molecule has 0 fully saturated rings. The first-order valence-electron chi connectivity index (χ1n) is 17.1. The summed E-state index contributed by atoms with van der Waals surface area (Å²) in [6, 6.07) is 0. The molecule has 0 aromatic rings. The summed E-state index contributed by atoms with van der Waals surface area (Å²) in [6.45, 7) is 15.8. The van der Waals surface area contributed by atoms with Gasteiger partial charge in [-0.25, -0.2) is 0 Å². The van der Waals surface area contributed by atoms with Crippen molar-refractivity contribution in [3.8, 4) is 0 Å². The number of ether oxygens (including phenoxy) is 4. The third-order valence-corrected chi connectivity index (χ3v) is 7.85. The third kappa shape index (κ3) is 21.6. The summed E-state index contributed by atoms with van der Waals surface area (Å²) in [5.74, 6) is 1.00. The molecule has 0 aliphatic carbocycles. The molecule has 4 heteroatoms. The number of rotatable bonds is 31. The summed E-state index contributed by atoms with van der Waals surface area (Å²) < 4.78 is 24.3. The molecular weight excluding hydrogens is 472 g/mol. The minimum absolute atomic E-state index is 0.0480. The molecule has 0 saturated heterocycles. The molecule has 2 unspecified atom stereocenters. The fourth-order valence-corrected chi connectivity index (χ4v) is 5.67. The van der Waals surface area contributed by atoms with Gasteiger partial charge >= 0.3 is 0 Å². The molecule has 0 aliphatic rings. The van der Waals surface area contributed by atoms with Gasteiger partial charge in [0.15, 0.2) is 12.6 Å². The second-order valence-electron chi connectivity index (χ2n) is 11.2. The highest BCUT2D eigenvalue weighted by molar-refractivity contribution is 4.69. The predicted octanol–water partition coefficient (Wildman–Crippen LogP) is 10.9. The van der Waals surface area contributed by atoms with Gasteiger partial charge in [-0.05, 0) is 53.4 Å². The number of hydrogen-bond acceptors (Lipinski definition) is 4. The molecule has 2 atom stereocenters. The summed E-state index contributed by atoms with van der Waals surface area (Å²) in [5.41, 5.74) is 0. The van der Waals surface area contributed by atoms with Gasteiger partial charge in [-0.3, -0.25) is 0 Å². The van der Waals surface area contributed by atoms with Crippen molar-refractivity contribution in [1.82, 2.24) is 0 Å². The minimum atomic E-state index is -0.0480. The van der Waals surface area contributed by atoms with Crippen molar-refractivity contribution in [2.75, 3.05) is 26.4 Å². The van der Waals surface area contributed by atoms with Crippen molar-refractivity contribution in [3.63, 3.8) is 0 Å². The van der Waals surface area contributed by atoms with Gasteiger partial charge in [-0.2, -0.15) is 0 Å². The zero-order valence-electron chi connectivity index (χ0n) is 26.9. The molecule has 0 spiro atoms. The van der Waals surface area contributed by atoms with Gasteiger partial charge in [-0.15, -0.1) is 0 Å². The van der Waals surface area contributed by atoms with Gasteiger partial charge in [-0.1, -0.05) is 117 Å². The molecule has 0 aromatic heterocycles. The van der Waals surface area contributed by atoms with Crippen LogP contribution in [0.15, 0.2) is 0 Å². The van der Waals surface area contributed by atoms with Gasteiger partial charge in [0.25, 0.3) is 0 Å². The quantitative estimate of drug-likeness (QED) is 0.0644. The Hall–Kier alpha value is -0.160. The van der Waals surface area contributed by atoms with Gasteiger partial charge in [0.1, 0.15) is 0 Å². The van der Waals surface area contributed by atoms with Gasteiger partial charge in [0.2, 0.25) is 0 Å². The topological polar surface area (TPSA) is 36.9 Å². The van der Waals surface area contributed by atoms with E-state index < -0.39 is 0 Å². The Kier molecular flexibility index (Phi) is 29.7. The molecule has 0 N–H and O–H groups in total. The maximum atomic E-state index is 6.07. The molecule has 0 aliphatic heterocycles. The minimum Gasteiger partial charge on any atom is -0.353 e. The third-order valence-electron chi connectivity index (χ3n) is 7.85. The van der Waals surface area contributed by atoms with Crippen molar-refractivity contribution >= 4 is 0 Å². The summed E-state index contributed by atoms with van der Waals surface area (Å²) >= 11 is 0. The van der Waals surface area contributed by atoms with E-state index in [4.69, 9.17) is 18.9 Å². The molecule has 0 aromatic carbocycles. The Balaban J connectivity index is 4.75. The molecule has 0 saturated carbocycles. The SMILES string of the molecule is CCCCCCCCCC(CCCCC(CCCCCCCCC)C(OCC)OCC)C(OCC)OCC. The van der Waals surface area contributed by atoms with E-state index in [2.05, 4.69) is 41.5 Å². The zero-order valence-corrected chi connectivity index (χ0v) is 26.9. The highest BCUT2D eigenvalue weighted by Gasteiger charge is 2.24. The van der Waals surface area contributed by atoms with Crippen LogP contribution in [0.1, 0.15) is 170 Å². The smallest absolute Gasteiger partial charge is 0.160 e. The Morgan fingerprint density at radius 2 is 0.553 bits per heavy atom. The first-order valence-corrected chi connectivity index (χ1v) is 17.1. The molecule has 0 rings (SSSR count). The van der Waals surface area contributed by atoms with Crippen molar-refractivity contribution in [3.05, 3.63) is 0 Å². The van der Waals surface area contributed by atoms with Crippen LogP contribution in [0.2, 0.25) is 0 Å². The monoisotopic (exact) mass is 543 g/mol. The molecular formula is C34H70O4. The van der Waals surface area contributed by atoms with Crippen LogP contribution >= 0.6 is 0 Å². The van der Waals surface area contributed by atoms with Crippen LogP contribution in [0.3, 0.4) is 0 Å². The van der Waals surface area contributed by atoms with Crippen LogP contribution in [-0.4, -0.2) is 39.0 Å². The van der Waals surface area contributed by atoms with Crippen molar-refractivity contribution in [2.45, 2.75) is 183 Å². The normalized spacial score (nSPS) is 13.6. The van der Waals surface area contributed by atoms with E-state index in [0.717, 1.165) is 26.4 Å². The lowest BCUT2D eigenvalue weighted by atomic mass is 9.90. The number of unbranched alkanes of at least 4 members (excludes halogenated alkanes) is 13. The van der Waals surface area contributed by atoms with Crippen LogP contribution in [-0.2, 0) is 18.9 Å². The van der Waals surface area contributed by atoms with E-state index >= 15 is 0 Å². The van der Waals surface area contributed by atoms with Crippen molar-refractivity contribution in [1.29, 1.82) is 0 Å². The Morgan fingerprint density at radius 1 is 0.316 bits per heavy atom. The fraction of sp³-hybridized carbons (Fsp3) is 1.00. The molecule has 0 heterocycles. The van der Waals surface area contributed by atoms with E-state index in [1.54, 1.807) is 0 Å². The maximum absolute atomic E-state index is 6.07. The van der Waals surface area contributed by atoms with E-state index in [-0.39, 0.29) is 12.6 Å². The second-order valence-corrected chi connectivity index (χ2v) is 11.2. The lowest BCUT2D eigenvalue weighted by Crippen LogP contribution is -2.28. The van der Waals surface area contributed by atoms with Crippen molar-refractivity contribution in [2.24, 2.45) is 11.8 Å². The highest BCUT2D eigenvalue weighted by Crippen LogP contribution is 2.28. The van der Waals surface area contributed by atoms with E-state index in [1.165, 1.54) is 128 Å². The number of hydrogen-bond donors (Lipinski definition) is 0. The average Bonchev–Trinajstić information content (AvgIpc) is 2.91. The highest BCUT2D eigenvalue weighted by atomic mass is 16.7. The lowest BCUT2D eigenvalue weighted by molar-refractivity contribution is -0.172. The van der Waals surface area contributed by atoms with E-state index in [9.17, 15) is 0 Å². The molecule has 0 bridgehead atoms. The largest absolute Gasteiger partial charge is 0.353 e. The van der Waals surface area contributed by atoms with Crippen LogP contribution in [0, 0.1) is 11.8 Å². The second kappa shape index (κ2) is 29.8. The van der Waals surface area contributed by atoms with Gasteiger partial charge in [0, 0.05) is 38.3 Å². The van der Waals surface area contributed by atoms with Gasteiger partial charge < -0.3 is 18.9 Å². The Bertz CT molecular complexity index is 392. The van der Waals surface area contributed by atoms with Gasteiger partial charge in [0.05, 0.1) is 0 Å². The molecule has 0 amide bonds. The molecule has 4 nitrogen and oxygen atoms in total. The van der Waals surface area contributed by atoms with Crippen LogP contribution in [0.25, 0.3) is 0 Å². The molecule has 230 valence electrons. The predicted molar refractivity (Wildman–Crippen MR) is 165 cm³/mol. The average molecular weight is 543 g/mol. The first-order chi connectivity index (χ1) is 18.7. The lowest BCUT2D eigenvalue weighted by Gasteiger charge is -2.28. The molecule has 38 heavy (non-hydrogen) atoms. The van der Waals surface area contributed by atoms with Crippen molar-refractivity contribution < 1.29 is 18.9 Å². The fourth-order valence-electron chi connectivity index (χ4n) is 5.67. The summed E-state index contributed by atoms with van der Waals surface area (Å²) in [5, 5.41) is 0. The van der Waals surface area contributed by atoms with Crippen LogP contribution in [0.4, 0.5) is 0 Å². The summed E-state index contributed by atoms with van der Waals surface area (Å²) in [6.07, 6.45) is 26.2.